The van der Waals surface area contributed by atoms with Crippen LogP contribution in [0.5, 0.6) is 11.5 Å². The Labute approximate surface area is 166 Å². The van der Waals surface area contributed by atoms with Crippen molar-refractivity contribution in [1.82, 2.24) is 0 Å². The van der Waals surface area contributed by atoms with Gasteiger partial charge in [-0.05, 0) is 90.5 Å². The van der Waals surface area contributed by atoms with Crippen molar-refractivity contribution < 1.29 is 15.3 Å². The molecule has 2 unspecified atom stereocenters. The predicted octanol–water partition coefficient (Wildman–Crippen LogP) is 4.84. The van der Waals surface area contributed by atoms with Crippen LogP contribution in [0.3, 0.4) is 0 Å². The number of aromatic hydroxyl groups is 2. The first-order valence-corrected chi connectivity index (χ1v) is 10.4. The molecule has 3 N–H and O–H groups in total. The molecule has 3 heteroatoms. The van der Waals surface area contributed by atoms with Gasteiger partial charge in [-0.1, -0.05) is 31.2 Å². The van der Waals surface area contributed by atoms with Crippen molar-refractivity contribution in [3.05, 3.63) is 65.2 Å². The van der Waals surface area contributed by atoms with E-state index in [1.165, 1.54) is 16.7 Å². The van der Waals surface area contributed by atoms with Crippen molar-refractivity contribution in [1.29, 1.82) is 0 Å². The quantitative estimate of drug-likeness (QED) is 0.703. The van der Waals surface area contributed by atoms with Crippen molar-refractivity contribution in [2.24, 2.45) is 17.3 Å². The molecule has 0 radical (unpaired) electrons. The number of hydrogen-bond donors (Lipinski definition) is 3. The van der Waals surface area contributed by atoms with Crippen molar-refractivity contribution in [2.75, 3.05) is 0 Å². The highest BCUT2D eigenvalue weighted by atomic mass is 16.3. The average molecular weight is 376 g/mol. The summed E-state index contributed by atoms with van der Waals surface area (Å²) in [6.07, 6.45) is 7.87. The summed E-state index contributed by atoms with van der Waals surface area (Å²) >= 11 is 0. The first-order chi connectivity index (χ1) is 13.4. The van der Waals surface area contributed by atoms with Gasteiger partial charge < -0.3 is 15.3 Å². The van der Waals surface area contributed by atoms with Crippen LogP contribution in [0.25, 0.3) is 5.57 Å². The lowest BCUT2D eigenvalue weighted by atomic mass is 9.56. The number of aryl methyl sites for hydroxylation is 1. The third kappa shape index (κ3) is 2.52. The van der Waals surface area contributed by atoms with Gasteiger partial charge in [-0.2, -0.15) is 0 Å². The fourth-order valence-corrected chi connectivity index (χ4v) is 6.31. The highest BCUT2D eigenvalue weighted by molar-refractivity contribution is 5.74. The number of allylic oxidation sites excluding steroid dienone is 2. The van der Waals surface area contributed by atoms with Gasteiger partial charge >= 0.3 is 0 Å². The minimum Gasteiger partial charge on any atom is -0.508 e. The number of fused-ring (bicyclic) bond motifs is 5. The molecule has 0 amide bonds. The number of phenolic OH excluding ortho intramolecular Hbond substituents is 2. The van der Waals surface area contributed by atoms with Gasteiger partial charge in [0.2, 0.25) is 0 Å². The molecule has 4 atom stereocenters. The van der Waals surface area contributed by atoms with Crippen LogP contribution < -0.4 is 0 Å². The lowest BCUT2D eigenvalue weighted by Crippen LogP contribution is -2.49. The molecule has 3 nitrogen and oxygen atoms in total. The minimum atomic E-state index is -0.716. The second-order valence-corrected chi connectivity index (χ2v) is 9.29. The van der Waals surface area contributed by atoms with E-state index in [4.69, 9.17) is 0 Å². The summed E-state index contributed by atoms with van der Waals surface area (Å²) in [6, 6.07) is 13.1. The Balaban J connectivity index is 1.49. The molecule has 3 aliphatic rings. The largest absolute Gasteiger partial charge is 0.508 e. The van der Waals surface area contributed by atoms with E-state index < -0.39 is 5.60 Å². The summed E-state index contributed by atoms with van der Waals surface area (Å²) in [7, 11) is 0. The number of benzene rings is 2. The van der Waals surface area contributed by atoms with Gasteiger partial charge in [-0.25, -0.2) is 0 Å². The maximum atomic E-state index is 11.8. The van der Waals surface area contributed by atoms with Gasteiger partial charge in [0, 0.05) is 11.8 Å². The van der Waals surface area contributed by atoms with Gasteiger partial charge in [0.05, 0.1) is 5.60 Å². The Bertz CT molecular complexity index is 945. The van der Waals surface area contributed by atoms with E-state index in [1.54, 1.807) is 18.2 Å². The maximum absolute atomic E-state index is 11.8. The monoisotopic (exact) mass is 376 g/mol. The summed E-state index contributed by atoms with van der Waals surface area (Å²) < 4.78 is 0. The Kier molecular flexibility index (Phi) is 3.89. The van der Waals surface area contributed by atoms with Crippen LogP contribution in [0.15, 0.2) is 48.5 Å². The third-order valence-electron chi connectivity index (χ3n) is 7.94. The van der Waals surface area contributed by atoms with Crippen LogP contribution in [0.1, 0.15) is 49.3 Å². The molecule has 146 valence electrons. The van der Waals surface area contributed by atoms with Gasteiger partial charge in [-0.15, -0.1) is 0 Å². The highest BCUT2D eigenvalue weighted by Crippen LogP contribution is 2.62. The SMILES string of the molecule is C[C@]12CC=C3c4ccc(O)cc4CCC3C1CC[C@@]2(O)Cc1ccc(O)cc1. The molecule has 3 aliphatic carbocycles. The Morgan fingerprint density at radius 3 is 2.54 bits per heavy atom. The van der Waals surface area contributed by atoms with E-state index in [2.05, 4.69) is 19.1 Å². The van der Waals surface area contributed by atoms with Gasteiger partial charge in [0.15, 0.2) is 0 Å². The Morgan fingerprint density at radius 2 is 1.75 bits per heavy atom. The lowest BCUT2D eigenvalue weighted by molar-refractivity contribution is -0.0756. The molecule has 0 heterocycles. The number of phenols is 2. The predicted molar refractivity (Wildman–Crippen MR) is 110 cm³/mol. The molecule has 28 heavy (non-hydrogen) atoms. The zero-order valence-corrected chi connectivity index (χ0v) is 16.4. The van der Waals surface area contributed by atoms with Crippen molar-refractivity contribution >= 4 is 5.57 Å². The molecule has 1 fully saturated rings. The Morgan fingerprint density at radius 1 is 1.00 bits per heavy atom. The lowest BCUT2D eigenvalue weighted by Gasteiger charge is -2.50. The highest BCUT2D eigenvalue weighted by Gasteiger charge is 2.59. The average Bonchev–Trinajstić information content (AvgIpc) is 2.94. The zero-order valence-electron chi connectivity index (χ0n) is 16.4. The number of hydrogen-bond acceptors (Lipinski definition) is 3. The van der Waals surface area contributed by atoms with E-state index in [0.29, 0.717) is 24.0 Å². The molecule has 0 aromatic heterocycles. The molecule has 1 saturated carbocycles. The first kappa shape index (κ1) is 17.8. The van der Waals surface area contributed by atoms with Crippen LogP contribution in [-0.2, 0) is 12.8 Å². The van der Waals surface area contributed by atoms with Crippen LogP contribution in [0, 0.1) is 17.3 Å². The summed E-state index contributed by atoms with van der Waals surface area (Å²) in [4.78, 5) is 0. The summed E-state index contributed by atoms with van der Waals surface area (Å²) in [5, 5.41) is 31.2. The third-order valence-corrected chi connectivity index (χ3v) is 7.94. The van der Waals surface area contributed by atoms with E-state index >= 15 is 0 Å². The molecule has 5 rings (SSSR count). The second-order valence-electron chi connectivity index (χ2n) is 9.29. The fraction of sp³-hybridized carbons (Fsp3) is 0.440. The summed E-state index contributed by atoms with van der Waals surface area (Å²) in [6.45, 7) is 2.28. The van der Waals surface area contributed by atoms with Gasteiger partial charge in [0.25, 0.3) is 0 Å². The van der Waals surface area contributed by atoms with Gasteiger partial charge in [0.1, 0.15) is 11.5 Å². The van der Waals surface area contributed by atoms with Crippen molar-refractivity contribution in [3.63, 3.8) is 0 Å². The van der Waals surface area contributed by atoms with Crippen molar-refractivity contribution in [3.8, 4) is 11.5 Å². The van der Waals surface area contributed by atoms with E-state index in [-0.39, 0.29) is 11.2 Å². The first-order valence-electron chi connectivity index (χ1n) is 10.4. The Hall–Kier alpha value is -2.26. The van der Waals surface area contributed by atoms with E-state index in [0.717, 1.165) is 37.7 Å². The van der Waals surface area contributed by atoms with Gasteiger partial charge in [-0.3, -0.25) is 0 Å². The normalized spacial score (nSPS) is 33.6. The van der Waals surface area contributed by atoms with E-state index in [1.807, 2.05) is 18.2 Å². The van der Waals surface area contributed by atoms with Crippen molar-refractivity contribution in [2.45, 2.75) is 51.0 Å². The molecule has 2 aromatic rings. The van der Waals surface area contributed by atoms with Crippen LogP contribution in [0.2, 0.25) is 0 Å². The number of aliphatic hydroxyl groups is 1. The molecular formula is C25H28O3. The van der Waals surface area contributed by atoms with Crippen LogP contribution in [0.4, 0.5) is 0 Å². The van der Waals surface area contributed by atoms with Crippen LogP contribution in [-0.4, -0.2) is 20.9 Å². The molecule has 0 saturated heterocycles. The second kappa shape index (κ2) is 6.12. The standard InChI is InChI=1S/C25H28O3/c1-24-12-10-21-20-9-7-19(27)14-17(20)4-8-22(21)23(24)11-13-25(24,28)15-16-2-5-18(26)6-3-16/h2-3,5-7,9-10,14,22-23,26-28H,4,8,11-13,15H2,1H3/t22?,23?,24-,25+/m0/s1. The molecule has 0 bridgehead atoms. The van der Waals surface area contributed by atoms with Crippen LogP contribution >= 0.6 is 0 Å². The molecule has 0 spiro atoms. The smallest absolute Gasteiger partial charge is 0.115 e. The van der Waals surface area contributed by atoms with E-state index in [9.17, 15) is 15.3 Å². The molecule has 2 aromatic carbocycles. The summed E-state index contributed by atoms with van der Waals surface area (Å²) in [5.74, 6) is 1.59. The topological polar surface area (TPSA) is 60.7 Å². The molecule has 0 aliphatic heterocycles. The maximum Gasteiger partial charge on any atom is 0.115 e. The molecular weight excluding hydrogens is 348 g/mol. The fourth-order valence-electron chi connectivity index (χ4n) is 6.31. The summed E-state index contributed by atoms with van der Waals surface area (Å²) in [5.41, 5.74) is 4.21. The number of rotatable bonds is 2. The zero-order chi connectivity index (χ0) is 19.5. The minimum absolute atomic E-state index is 0.131.